The summed E-state index contributed by atoms with van der Waals surface area (Å²) < 4.78 is 9.88. The number of aliphatic hydroxyl groups is 1. The molecule has 0 amide bonds. The third-order valence-corrected chi connectivity index (χ3v) is 3.49. The van der Waals surface area contributed by atoms with Gasteiger partial charge in [-0.1, -0.05) is 6.92 Å². The lowest BCUT2D eigenvalue weighted by molar-refractivity contribution is -0.149. The van der Waals surface area contributed by atoms with Gasteiger partial charge in [-0.15, -0.1) is 0 Å². The van der Waals surface area contributed by atoms with E-state index >= 15 is 0 Å². The maximum Gasteiger partial charge on any atom is 0.309 e. The highest BCUT2D eigenvalue weighted by atomic mass is 16.5. The number of carbonyl (C=O) groups is 2. The van der Waals surface area contributed by atoms with E-state index in [1.54, 1.807) is 14.0 Å². The van der Waals surface area contributed by atoms with Crippen molar-refractivity contribution in [2.24, 2.45) is 10.9 Å². The minimum atomic E-state index is -0.595. The van der Waals surface area contributed by atoms with Gasteiger partial charge in [0, 0.05) is 38.8 Å². The third-order valence-electron chi connectivity index (χ3n) is 3.49. The van der Waals surface area contributed by atoms with Crippen LogP contribution >= 0.6 is 0 Å². The second-order valence-electron chi connectivity index (χ2n) is 5.13. The number of aliphatic hydroxyl groups excluding tert-OH is 1. The van der Waals surface area contributed by atoms with Crippen LogP contribution in [0, 0.1) is 5.92 Å². The number of hydrogen-bond acceptors (Lipinski definition) is 6. The number of methoxy groups -OCH3 is 1. The van der Waals surface area contributed by atoms with Gasteiger partial charge < -0.3 is 14.6 Å². The molecule has 1 atom stereocenters. The number of Topliss-reactive ketones (excluding diaryl/α,β-unsaturated/α-hetero) is 1. The van der Waals surface area contributed by atoms with Gasteiger partial charge in [0.15, 0.2) is 5.78 Å². The number of ether oxygens (including phenoxy) is 2. The molecule has 0 aromatic carbocycles. The Hall–Kier alpha value is -1.69. The first-order valence-corrected chi connectivity index (χ1v) is 7.69. The van der Waals surface area contributed by atoms with Crippen molar-refractivity contribution in [3.05, 3.63) is 11.3 Å². The zero-order chi connectivity index (χ0) is 16.5. The summed E-state index contributed by atoms with van der Waals surface area (Å²) in [5, 5.41) is 10.2. The highest BCUT2D eigenvalue weighted by Crippen LogP contribution is 2.28. The van der Waals surface area contributed by atoms with Crippen molar-refractivity contribution in [3.8, 4) is 0 Å². The highest BCUT2D eigenvalue weighted by molar-refractivity contribution is 6.23. The van der Waals surface area contributed by atoms with Crippen molar-refractivity contribution in [1.29, 1.82) is 0 Å². The third kappa shape index (κ3) is 4.94. The van der Waals surface area contributed by atoms with Crippen LogP contribution in [0.3, 0.4) is 0 Å². The second kappa shape index (κ2) is 9.35. The van der Waals surface area contributed by atoms with Crippen LogP contribution in [-0.4, -0.2) is 49.4 Å². The summed E-state index contributed by atoms with van der Waals surface area (Å²) in [5.74, 6) is -1.32. The van der Waals surface area contributed by atoms with Crippen molar-refractivity contribution < 1.29 is 24.2 Å². The molecular weight excluding hydrogens is 286 g/mol. The standard InChI is InChI=1S/C16H25NO5/c1-4-12(17-7-6-8-21-3)15-13(18)9-11(10-14(15)19)16(20)22-5-2/h11,18H,4-10H2,1-3H3. The van der Waals surface area contributed by atoms with E-state index in [0.717, 1.165) is 6.42 Å². The van der Waals surface area contributed by atoms with Gasteiger partial charge in [0.2, 0.25) is 0 Å². The number of hydrogen-bond donors (Lipinski definition) is 1. The Balaban J connectivity index is 2.85. The molecule has 0 aliphatic heterocycles. The molecule has 0 bridgehead atoms. The topological polar surface area (TPSA) is 85.2 Å². The highest BCUT2D eigenvalue weighted by Gasteiger charge is 2.34. The predicted octanol–water partition coefficient (Wildman–Crippen LogP) is 2.23. The molecule has 124 valence electrons. The molecule has 0 heterocycles. The van der Waals surface area contributed by atoms with Crippen LogP contribution in [0.2, 0.25) is 0 Å². The Labute approximate surface area is 131 Å². The summed E-state index contributed by atoms with van der Waals surface area (Å²) in [6.45, 7) is 5.01. The molecule has 1 N–H and O–H groups in total. The average Bonchev–Trinajstić information content (AvgIpc) is 2.49. The second-order valence-corrected chi connectivity index (χ2v) is 5.13. The number of rotatable bonds is 8. The predicted molar refractivity (Wildman–Crippen MR) is 83.1 cm³/mol. The smallest absolute Gasteiger partial charge is 0.309 e. The molecule has 1 aliphatic rings. The summed E-state index contributed by atoms with van der Waals surface area (Å²) in [7, 11) is 1.62. The van der Waals surface area contributed by atoms with E-state index in [1.807, 2.05) is 6.92 Å². The molecule has 1 rings (SSSR count). The first kappa shape index (κ1) is 18.4. The summed E-state index contributed by atoms with van der Waals surface area (Å²) in [6.07, 6.45) is 1.52. The van der Waals surface area contributed by atoms with Gasteiger partial charge >= 0.3 is 5.97 Å². The van der Waals surface area contributed by atoms with Crippen LogP contribution in [-0.2, 0) is 19.1 Å². The molecule has 0 aromatic rings. The first-order valence-electron chi connectivity index (χ1n) is 7.69. The van der Waals surface area contributed by atoms with Crippen molar-refractivity contribution >= 4 is 17.5 Å². The van der Waals surface area contributed by atoms with Crippen LogP contribution < -0.4 is 0 Å². The quantitative estimate of drug-likeness (QED) is 0.422. The molecule has 0 saturated heterocycles. The van der Waals surface area contributed by atoms with Crippen molar-refractivity contribution in [2.45, 2.75) is 39.5 Å². The Kier molecular flexibility index (Phi) is 7.80. The van der Waals surface area contributed by atoms with Gasteiger partial charge in [-0.2, -0.15) is 0 Å². The minimum absolute atomic E-state index is 0.0540. The minimum Gasteiger partial charge on any atom is -0.511 e. The summed E-state index contributed by atoms with van der Waals surface area (Å²) >= 11 is 0. The molecule has 0 radical (unpaired) electrons. The van der Waals surface area contributed by atoms with Gasteiger partial charge in [0.25, 0.3) is 0 Å². The molecule has 6 nitrogen and oxygen atoms in total. The fourth-order valence-electron chi connectivity index (χ4n) is 2.44. The van der Waals surface area contributed by atoms with E-state index in [0.29, 0.717) is 25.3 Å². The average molecular weight is 311 g/mol. The van der Waals surface area contributed by atoms with Gasteiger partial charge in [0.1, 0.15) is 5.76 Å². The number of esters is 1. The molecule has 0 saturated carbocycles. The Morgan fingerprint density at radius 1 is 1.36 bits per heavy atom. The molecule has 22 heavy (non-hydrogen) atoms. The molecule has 1 aliphatic carbocycles. The van der Waals surface area contributed by atoms with E-state index in [9.17, 15) is 14.7 Å². The summed E-state index contributed by atoms with van der Waals surface area (Å²) in [6, 6.07) is 0. The van der Waals surface area contributed by atoms with Crippen molar-refractivity contribution in [2.75, 3.05) is 26.9 Å². The monoisotopic (exact) mass is 311 g/mol. The van der Waals surface area contributed by atoms with Gasteiger partial charge in [-0.25, -0.2) is 0 Å². The lowest BCUT2D eigenvalue weighted by Gasteiger charge is -2.22. The summed E-state index contributed by atoms with van der Waals surface area (Å²) in [5.41, 5.74) is 0.876. The SMILES string of the molecule is CCOC(=O)C1CC(=O)C(C(CC)=NCCCOC)=C(O)C1. The zero-order valence-corrected chi connectivity index (χ0v) is 13.6. The van der Waals surface area contributed by atoms with E-state index in [2.05, 4.69) is 4.99 Å². The van der Waals surface area contributed by atoms with Crippen LogP contribution in [0.15, 0.2) is 16.3 Å². The molecular formula is C16H25NO5. The van der Waals surface area contributed by atoms with Gasteiger partial charge in [-0.3, -0.25) is 14.6 Å². The van der Waals surface area contributed by atoms with Crippen LogP contribution in [0.4, 0.5) is 0 Å². The normalized spacial score (nSPS) is 19.5. The molecule has 6 heteroatoms. The number of aliphatic imine (C=N–C) groups is 1. The fourth-order valence-corrected chi connectivity index (χ4v) is 2.44. The Bertz CT molecular complexity index is 467. The molecule has 1 unspecified atom stereocenters. The van der Waals surface area contributed by atoms with E-state index in [-0.39, 0.29) is 36.6 Å². The zero-order valence-electron chi connectivity index (χ0n) is 13.6. The fraction of sp³-hybridized carbons (Fsp3) is 0.688. The van der Waals surface area contributed by atoms with Crippen LogP contribution in [0.1, 0.15) is 39.5 Å². The Morgan fingerprint density at radius 3 is 2.64 bits per heavy atom. The number of allylic oxidation sites excluding steroid dienone is 2. The largest absolute Gasteiger partial charge is 0.511 e. The first-order chi connectivity index (χ1) is 10.5. The number of ketones is 1. The lowest BCUT2D eigenvalue weighted by atomic mass is 9.84. The number of carbonyl (C=O) groups excluding carboxylic acids is 2. The maximum absolute atomic E-state index is 12.3. The van der Waals surface area contributed by atoms with Crippen LogP contribution in [0.5, 0.6) is 0 Å². The van der Waals surface area contributed by atoms with E-state index in [1.165, 1.54) is 0 Å². The van der Waals surface area contributed by atoms with Crippen molar-refractivity contribution in [3.63, 3.8) is 0 Å². The lowest BCUT2D eigenvalue weighted by Crippen LogP contribution is -2.29. The van der Waals surface area contributed by atoms with E-state index < -0.39 is 11.9 Å². The molecule has 0 spiro atoms. The number of nitrogens with zero attached hydrogens (tertiary/aromatic N) is 1. The maximum atomic E-state index is 12.3. The van der Waals surface area contributed by atoms with Crippen molar-refractivity contribution in [1.82, 2.24) is 0 Å². The molecule has 0 fully saturated rings. The van der Waals surface area contributed by atoms with Gasteiger partial charge in [-0.05, 0) is 19.8 Å². The Morgan fingerprint density at radius 2 is 2.09 bits per heavy atom. The molecule has 0 aromatic heterocycles. The van der Waals surface area contributed by atoms with Crippen LogP contribution in [0.25, 0.3) is 0 Å². The summed E-state index contributed by atoms with van der Waals surface area (Å²) in [4.78, 5) is 28.4. The van der Waals surface area contributed by atoms with Gasteiger partial charge in [0.05, 0.1) is 18.1 Å². The van der Waals surface area contributed by atoms with E-state index in [4.69, 9.17) is 9.47 Å².